The molecule has 0 spiro atoms. The van der Waals surface area contributed by atoms with Gasteiger partial charge in [-0.3, -0.25) is 14.9 Å². The quantitative estimate of drug-likeness (QED) is 0.549. The third kappa shape index (κ3) is 3.15. The summed E-state index contributed by atoms with van der Waals surface area (Å²) in [5, 5.41) is 17.4. The van der Waals surface area contributed by atoms with Crippen molar-refractivity contribution in [3.63, 3.8) is 0 Å². The third-order valence-electron chi connectivity index (χ3n) is 4.26. The van der Waals surface area contributed by atoms with Crippen LogP contribution in [0.5, 0.6) is 5.75 Å². The maximum absolute atomic E-state index is 14.0. The van der Waals surface area contributed by atoms with Crippen LogP contribution in [0.2, 0.25) is 0 Å². The summed E-state index contributed by atoms with van der Waals surface area (Å²) in [6, 6.07) is 8.12. The summed E-state index contributed by atoms with van der Waals surface area (Å²) in [7, 11) is 0. The molecule has 1 atom stereocenters. The number of nitrogens with zero attached hydrogens (tertiary/aromatic N) is 3. The second-order valence-corrected chi connectivity index (χ2v) is 6.06. The molecule has 0 radical (unpaired) electrons. The van der Waals surface area contributed by atoms with Crippen molar-refractivity contribution in [1.82, 2.24) is 15.1 Å². The third-order valence-corrected chi connectivity index (χ3v) is 4.26. The van der Waals surface area contributed by atoms with Gasteiger partial charge in [0, 0.05) is 30.5 Å². The average molecular weight is 386 g/mol. The van der Waals surface area contributed by atoms with Crippen LogP contribution in [0.25, 0.3) is 5.69 Å². The number of halogens is 2. The zero-order valence-corrected chi connectivity index (χ0v) is 14.1. The van der Waals surface area contributed by atoms with Gasteiger partial charge in [0.2, 0.25) is 0 Å². The highest BCUT2D eigenvalue weighted by molar-refractivity contribution is 5.92. The Bertz CT molecular complexity index is 1080. The smallest absolute Gasteiger partial charge is 0.272 e. The number of amides is 1. The van der Waals surface area contributed by atoms with E-state index in [4.69, 9.17) is 4.74 Å². The van der Waals surface area contributed by atoms with E-state index in [1.807, 2.05) is 0 Å². The molecule has 0 saturated carbocycles. The number of rotatable bonds is 4. The van der Waals surface area contributed by atoms with Crippen molar-refractivity contribution in [2.24, 2.45) is 0 Å². The zero-order valence-electron chi connectivity index (χ0n) is 14.1. The largest absolute Gasteiger partial charge is 0.490 e. The molecule has 1 amide bonds. The second-order valence-electron chi connectivity index (χ2n) is 6.06. The highest BCUT2D eigenvalue weighted by Crippen LogP contribution is 2.35. The molecule has 2 heterocycles. The van der Waals surface area contributed by atoms with Gasteiger partial charge in [-0.15, -0.1) is 0 Å². The molecular formula is C18H12F2N4O4. The normalized spacial score (nSPS) is 15.0. The van der Waals surface area contributed by atoms with Crippen molar-refractivity contribution in [3.05, 3.63) is 81.7 Å². The lowest BCUT2D eigenvalue weighted by molar-refractivity contribution is -0.384. The topological polar surface area (TPSA) is 99.3 Å². The predicted octanol–water partition coefficient (Wildman–Crippen LogP) is 2.92. The van der Waals surface area contributed by atoms with Gasteiger partial charge in [0.15, 0.2) is 5.69 Å². The minimum Gasteiger partial charge on any atom is -0.490 e. The number of nitro benzene ring substituents is 1. The molecule has 0 aliphatic carbocycles. The molecule has 2 aromatic carbocycles. The zero-order chi connectivity index (χ0) is 19.8. The van der Waals surface area contributed by atoms with Gasteiger partial charge in [-0.1, -0.05) is 0 Å². The van der Waals surface area contributed by atoms with E-state index in [0.717, 1.165) is 12.1 Å². The van der Waals surface area contributed by atoms with E-state index in [0.29, 0.717) is 5.69 Å². The molecule has 10 heteroatoms. The fourth-order valence-corrected chi connectivity index (χ4v) is 2.94. The molecule has 3 aromatic rings. The molecule has 1 aliphatic rings. The van der Waals surface area contributed by atoms with Crippen LogP contribution >= 0.6 is 0 Å². The van der Waals surface area contributed by atoms with Crippen LogP contribution in [0.4, 0.5) is 14.5 Å². The van der Waals surface area contributed by atoms with Crippen LogP contribution in [0.3, 0.4) is 0 Å². The Balaban J connectivity index is 1.51. The lowest BCUT2D eigenvalue weighted by Crippen LogP contribution is -2.30. The van der Waals surface area contributed by atoms with Crippen LogP contribution in [-0.2, 0) is 0 Å². The van der Waals surface area contributed by atoms with Crippen LogP contribution < -0.4 is 10.1 Å². The maximum Gasteiger partial charge on any atom is 0.272 e. The van der Waals surface area contributed by atoms with Crippen LogP contribution in [-0.4, -0.2) is 27.2 Å². The molecule has 1 unspecified atom stereocenters. The molecule has 0 saturated heterocycles. The number of aromatic nitrogens is 2. The summed E-state index contributed by atoms with van der Waals surface area (Å²) < 4.78 is 33.9. The second kappa shape index (κ2) is 6.72. The Morgan fingerprint density at radius 3 is 2.71 bits per heavy atom. The van der Waals surface area contributed by atoms with Crippen molar-refractivity contribution in [2.45, 2.75) is 6.04 Å². The first-order valence-corrected chi connectivity index (χ1v) is 8.15. The van der Waals surface area contributed by atoms with Crippen molar-refractivity contribution in [2.75, 3.05) is 6.61 Å². The standard InChI is InChI=1S/C18H12F2N4O4/c19-10-7-13(20)17-15(9-28-16(17)8-10)21-18(25)14-5-6-23(22-14)11-1-3-12(4-2-11)24(26)27/h1-8,15H,9H2,(H,21,25). The molecule has 4 rings (SSSR count). The summed E-state index contributed by atoms with van der Waals surface area (Å²) in [4.78, 5) is 22.6. The molecule has 8 nitrogen and oxygen atoms in total. The first kappa shape index (κ1) is 17.6. The maximum atomic E-state index is 14.0. The fourth-order valence-electron chi connectivity index (χ4n) is 2.94. The monoisotopic (exact) mass is 386 g/mol. The molecule has 1 N–H and O–H groups in total. The van der Waals surface area contributed by atoms with E-state index in [9.17, 15) is 23.7 Å². The Kier molecular flexibility index (Phi) is 4.22. The first-order chi connectivity index (χ1) is 13.4. The van der Waals surface area contributed by atoms with Gasteiger partial charge < -0.3 is 10.1 Å². The molecule has 28 heavy (non-hydrogen) atoms. The summed E-state index contributed by atoms with van der Waals surface area (Å²) in [5.74, 6) is -2.07. The van der Waals surface area contributed by atoms with Gasteiger partial charge in [-0.05, 0) is 18.2 Å². The lowest BCUT2D eigenvalue weighted by Gasteiger charge is -2.11. The number of hydrogen-bond acceptors (Lipinski definition) is 5. The minimum absolute atomic E-state index is 0.0233. The number of carbonyl (C=O) groups excluding carboxylic acids is 1. The number of nitro groups is 1. The lowest BCUT2D eigenvalue weighted by atomic mass is 10.1. The molecule has 142 valence electrons. The van der Waals surface area contributed by atoms with Gasteiger partial charge in [0.1, 0.15) is 24.0 Å². The average Bonchev–Trinajstić information content (AvgIpc) is 3.29. The summed E-state index contributed by atoms with van der Waals surface area (Å²) in [6.45, 7) is -0.0233. The van der Waals surface area contributed by atoms with Gasteiger partial charge >= 0.3 is 0 Å². The highest BCUT2D eigenvalue weighted by Gasteiger charge is 2.30. The molecule has 1 aliphatic heterocycles. The summed E-state index contributed by atoms with van der Waals surface area (Å²) >= 11 is 0. The molecule has 0 bridgehead atoms. The number of carbonyl (C=O) groups is 1. The van der Waals surface area contributed by atoms with Crippen molar-refractivity contribution in [1.29, 1.82) is 0 Å². The van der Waals surface area contributed by atoms with Crippen molar-refractivity contribution < 1.29 is 23.2 Å². The number of nitrogens with one attached hydrogen (secondary N) is 1. The van der Waals surface area contributed by atoms with Crippen LogP contribution in [0.15, 0.2) is 48.7 Å². The van der Waals surface area contributed by atoms with Gasteiger partial charge in [0.25, 0.3) is 11.6 Å². The molecular weight excluding hydrogens is 374 g/mol. The van der Waals surface area contributed by atoms with E-state index in [2.05, 4.69) is 10.4 Å². The SMILES string of the molecule is O=C(NC1COc2cc(F)cc(F)c21)c1ccn(-c2ccc([N+](=O)[O-])cc2)n1. The summed E-state index contributed by atoms with van der Waals surface area (Å²) in [5.41, 5.74) is 0.617. The van der Waals surface area contributed by atoms with Gasteiger partial charge in [0.05, 0.1) is 22.2 Å². The number of benzene rings is 2. The number of fused-ring (bicyclic) bond motifs is 1. The number of ether oxygens (including phenoxy) is 1. The van der Waals surface area contributed by atoms with E-state index in [1.165, 1.54) is 41.2 Å². The van der Waals surface area contributed by atoms with Crippen molar-refractivity contribution >= 4 is 11.6 Å². The van der Waals surface area contributed by atoms with E-state index >= 15 is 0 Å². The highest BCUT2D eigenvalue weighted by atomic mass is 19.1. The molecule has 1 aromatic heterocycles. The van der Waals surface area contributed by atoms with Gasteiger partial charge in [-0.25, -0.2) is 13.5 Å². The molecule has 0 fully saturated rings. The summed E-state index contributed by atoms with van der Waals surface area (Å²) in [6.07, 6.45) is 1.52. The Morgan fingerprint density at radius 2 is 2.00 bits per heavy atom. The van der Waals surface area contributed by atoms with E-state index in [-0.39, 0.29) is 29.3 Å². The van der Waals surface area contributed by atoms with Gasteiger partial charge in [-0.2, -0.15) is 5.10 Å². The fraction of sp³-hybridized carbons (Fsp3) is 0.111. The Morgan fingerprint density at radius 1 is 1.25 bits per heavy atom. The van der Waals surface area contributed by atoms with E-state index in [1.54, 1.807) is 0 Å². The van der Waals surface area contributed by atoms with Crippen LogP contribution in [0, 0.1) is 21.7 Å². The number of non-ortho nitro benzene ring substituents is 1. The van der Waals surface area contributed by atoms with Crippen molar-refractivity contribution in [3.8, 4) is 11.4 Å². The Labute approximate surface area is 156 Å². The first-order valence-electron chi connectivity index (χ1n) is 8.15. The number of hydrogen-bond donors (Lipinski definition) is 1. The Hall–Kier alpha value is -3.82. The van der Waals surface area contributed by atoms with E-state index < -0.39 is 28.5 Å². The predicted molar refractivity (Wildman–Crippen MR) is 92.3 cm³/mol. The minimum atomic E-state index is -0.797. The van der Waals surface area contributed by atoms with Crippen LogP contribution in [0.1, 0.15) is 22.1 Å².